The summed E-state index contributed by atoms with van der Waals surface area (Å²) in [4.78, 5) is 25.3. The van der Waals surface area contributed by atoms with E-state index in [0.29, 0.717) is 18.5 Å². The van der Waals surface area contributed by atoms with Crippen molar-refractivity contribution in [1.82, 2.24) is 4.90 Å². The number of rotatable bonds is 2. The fourth-order valence-corrected chi connectivity index (χ4v) is 2.46. The molecule has 1 saturated heterocycles. The van der Waals surface area contributed by atoms with Gasteiger partial charge in [0.15, 0.2) is 0 Å². The van der Waals surface area contributed by atoms with Crippen molar-refractivity contribution < 1.29 is 14.0 Å². The number of piperidine rings is 1. The standard InChI is InChI=1S/C14H18FN3O2/c1-8-10(15)6-9(7-11(8)16)14(20)18-5-3-2-4-12(18)13(17)19/h6-7,12H,2-5,16H2,1H3,(H2,17,19). The van der Waals surface area contributed by atoms with Crippen LogP contribution in [0.4, 0.5) is 10.1 Å². The molecule has 108 valence electrons. The molecule has 4 N–H and O–H groups in total. The Labute approximate surface area is 116 Å². The van der Waals surface area contributed by atoms with Crippen molar-refractivity contribution in [2.45, 2.75) is 32.2 Å². The van der Waals surface area contributed by atoms with Gasteiger partial charge in [-0.15, -0.1) is 0 Å². The molecular weight excluding hydrogens is 261 g/mol. The van der Waals surface area contributed by atoms with Gasteiger partial charge >= 0.3 is 0 Å². The normalized spacial score (nSPS) is 18.9. The number of nitrogens with two attached hydrogens (primary N) is 2. The zero-order valence-corrected chi connectivity index (χ0v) is 11.4. The van der Waals surface area contributed by atoms with E-state index in [-0.39, 0.29) is 11.3 Å². The highest BCUT2D eigenvalue weighted by Gasteiger charge is 2.31. The third kappa shape index (κ3) is 2.59. The Balaban J connectivity index is 2.32. The maximum absolute atomic E-state index is 13.7. The van der Waals surface area contributed by atoms with Crippen molar-refractivity contribution in [3.05, 3.63) is 29.1 Å². The van der Waals surface area contributed by atoms with E-state index in [1.54, 1.807) is 6.92 Å². The molecule has 1 aliphatic heterocycles. The van der Waals surface area contributed by atoms with Crippen LogP contribution < -0.4 is 11.5 Å². The van der Waals surface area contributed by atoms with Gasteiger partial charge < -0.3 is 16.4 Å². The molecule has 0 aromatic heterocycles. The smallest absolute Gasteiger partial charge is 0.254 e. The average Bonchev–Trinajstić information content (AvgIpc) is 2.43. The Morgan fingerprint density at radius 1 is 1.35 bits per heavy atom. The molecular formula is C14H18FN3O2. The molecule has 0 radical (unpaired) electrons. The maximum atomic E-state index is 13.7. The van der Waals surface area contributed by atoms with Crippen LogP contribution in [0.15, 0.2) is 12.1 Å². The minimum Gasteiger partial charge on any atom is -0.398 e. The van der Waals surface area contributed by atoms with Gasteiger partial charge in [0.25, 0.3) is 5.91 Å². The number of hydrogen-bond acceptors (Lipinski definition) is 3. The molecule has 6 heteroatoms. The molecule has 0 bridgehead atoms. The first kappa shape index (κ1) is 14.3. The summed E-state index contributed by atoms with van der Waals surface area (Å²) in [7, 11) is 0. The molecule has 20 heavy (non-hydrogen) atoms. The second-order valence-corrected chi connectivity index (χ2v) is 5.08. The number of carbonyl (C=O) groups is 2. The van der Waals surface area contributed by atoms with Crippen LogP contribution in [0.5, 0.6) is 0 Å². The van der Waals surface area contributed by atoms with Crippen LogP contribution >= 0.6 is 0 Å². The van der Waals surface area contributed by atoms with Crippen molar-refractivity contribution in [2.24, 2.45) is 5.73 Å². The van der Waals surface area contributed by atoms with E-state index in [4.69, 9.17) is 11.5 Å². The van der Waals surface area contributed by atoms with Gasteiger partial charge in [0.1, 0.15) is 11.9 Å². The minimum absolute atomic E-state index is 0.152. The average molecular weight is 279 g/mol. The van der Waals surface area contributed by atoms with Crippen molar-refractivity contribution in [2.75, 3.05) is 12.3 Å². The van der Waals surface area contributed by atoms with Gasteiger partial charge in [-0.1, -0.05) is 0 Å². The number of carbonyl (C=O) groups excluding carboxylic acids is 2. The molecule has 1 fully saturated rings. The van der Waals surface area contributed by atoms with Crippen LogP contribution in [0.25, 0.3) is 0 Å². The molecule has 0 aliphatic carbocycles. The number of amides is 2. The minimum atomic E-state index is -0.623. The summed E-state index contributed by atoms with van der Waals surface area (Å²) in [5.41, 5.74) is 11.7. The predicted molar refractivity (Wildman–Crippen MR) is 73.4 cm³/mol. The molecule has 1 aromatic rings. The first-order chi connectivity index (χ1) is 9.41. The topological polar surface area (TPSA) is 89.4 Å². The highest BCUT2D eigenvalue weighted by molar-refractivity contribution is 5.98. The van der Waals surface area contributed by atoms with E-state index in [1.165, 1.54) is 11.0 Å². The number of anilines is 1. The Morgan fingerprint density at radius 3 is 2.65 bits per heavy atom. The number of benzene rings is 1. The third-order valence-corrected chi connectivity index (χ3v) is 3.72. The Kier molecular flexibility index (Phi) is 3.92. The molecule has 1 aromatic carbocycles. The van der Waals surface area contributed by atoms with Crippen LogP contribution in [0.3, 0.4) is 0 Å². The number of halogens is 1. The highest BCUT2D eigenvalue weighted by atomic mass is 19.1. The molecule has 0 saturated carbocycles. The second kappa shape index (κ2) is 5.48. The lowest BCUT2D eigenvalue weighted by Crippen LogP contribution is -2.50. The SMILES string of the molecule is Cc1c(N)cc(C(=O)N2CCCCC2C(N)=O)cc1F. The fourth-order valence-electron chi connectivity index (χ4n) is 2.46. The summed E-state index contributed by atoms with van der Waals surface area (Å²) in [5, 5.41) is 0. The Bertz CT molecular complexity index is 536. The number of likely N-dealkylation sites (tertiary alicyclic amines) is 1. The van der Waals surface area contributed by atoms with Gasteiger partial charge in [-0.05, 0) is 38.3 Å². The van der Waals surface area contributed by atoms with Crippen LogP contribution in [-0.4, -0.2) is 29.3 Å². The van der Waals surface area contributed by atoms with Gasteiger partial charge in [-0.25, -0.2) is 4.39 Å². The first-order valence-corrected chi connectivity index (χ1v) is 6.57. The molecule has 1 unspecified atom stereocenters. The molecule has 2 rings (SSSR count). The summed E-state index contributed by atoms with van der Waals surface area (Å²) in [5.74, 6) is -1.46. The number of nitrogens with zero attached hydrogens (tertiary/aromatic N) is 1. The van der Waals surface area contributed by atoms with Crippen molar-refractivity contribution >= 4 is 17.5 Å². The van der Waals surface area contributed by atoms with Crippen LogP contribution in [0, 0.1) is 12.7 Å². The van der Waals surface area contributed by atoms with Crippen molar-refractivity contribution in [1.29, 1.82) is 0 Å². The third-order valence-electron chi connectivity index (χ3n) is 3.72. The zero-order chi connectivity index (χ0) is 14.9. The molecule has 1 aliphatic rings. The lowest BCUT2D eigenvalue weighted by atomic mass is 9.99. The number of nitrogen functional groups attached to an aromatic ring is 1. The van der Waals surface area contributed by atoms with E-state index in [1.807, 2.05) is 0 Å². The van der Waals surface area contributed by atoms with E-state index in [9.17, 15) is 14.0 Å². The van der Waals surface area contributed by atoms with Gasteiger partial charge in [0.2, 0.25) is 5.91 Å². The molecule has 0 spiro atoms. The second-order valence-electron chi connectivity index (χ2n) is 5.08. The van der Waals surface area contributed by atoms with E-state index < -0.39 is 23.7 Å². The first-order valence-electron chi connectivity index (χ1n) is 6.57. The van der Waals surface area contributed by atoms with Crippen molar-refractivity contribution in [3.8, 4) is 0 Å². The lowest BCUT2D eigenvalue weighted by Gasteiger charge is -2.33. The van der Waals surface area contributed by atoms with Gasteiger partial charge in [0, 0.05) is 23.4 Å². The van der Waals surface area contributed by atoms with Crippen LogP contribution in [0.2, 0.25) is 0 Å². The van der Waals surface area contributed by atoms with E-state index in [0.717, 1.165) is 18.9 Å². The summed E-state index contributed by atoms with van der Waals surface area (Å²) in [6.07, 6.45) is 2.20. The number of hydrogen-bond donors (Lipinski definition) is 2. The highest BCUT2D eigenvalue weighted by Crippen LogP contribution is 2.23. The molecule has 1 heterocycles. The predicted octanol–water partition coefficient (Wildman–Crippen LogP) is 1.20. The summed E-state index contributed by atoms with van der Waals surface area (Å²) in [6.45, 7) is 1.99. The largest absolute Gasteiger partial charge is 0.398 e. The molecule has 5 nitrogen and oxygen atoms in total. The fraction of sp³-hybridized carbons (Fsp3) is 0.429. The summed E-state index contributed by atoms with van der Waals surface area (Å²) < 4.78 is 13.7. The van der Waals surface area contributed by atoms with E-state index >= 15 is 0 Å². The number of primary amides is 1. The van der Waals surface area contributed by atoms with Crippen LogP contribution in [-0.2, 0) is 4.79 Å². The molecule has 1 atom stereocenters. The Morgan fingerprint density at radius 2 is 2.05 bits per heavy atom. The maximum Gasteiger partial charge on any atom is 0.254 e. The van der Waals surface area contributed by atoms with Crippen molar-refractivity contribution in [3.63, 3.8) is 0 Å². The van der Waals surface area contributed by atoms with Crippen LogP contribution in [0.1, 0.15) is 35.2 Å². The monoisotopic (exact) mass is 279 g/mol. The van der Waals surface area contributed by atoms with Gasteiger partial charge in [-0.3, -0.25) is 9.59 Å². The quantitative estimate of drug-likeness (QED) is 0.797. The van der Waals surface area contributed by atoms with Gasteiger partial charge in [-0.2, -0.15) is 0 Å². The van der Waals surface area contributed by atoms with E-state index in [2.05, 4.69) is 0 Å². The lowest BCUT2D eigenvalue weighted by molar-refractivity contribution is -0.123. The van der Waals surface area contributed by atoms with Gasteiger partial charge in [0.05, 0.1) is 0 Å². The summed E-state index contributed by atoms with van der Waals surface area (Å²) in [6, 6.07) is 1.97. The zero-order valence-electron chi connectivity index (χ0n) is 11.4. The summed E-state index contributed by atoms with van der Waals surface area (Å²) >= 11 is 0. The molecule has 2 amide bonds. The Hall–Kier alpha value is -2.11.